The minimum absolute atomic E-state index is 0.0198. The Morgan fingerprint density at radius 2 is 2.26 bits per heavy atom. The molecule has 5 unspecified atom stereocenters. The maximum absolute atomic E-state index is 11.5. The monoisotopic (exact) mass is 329 g/mol. The second-order valence-electron chi connectivity index (χ2n) is 5.89. The average molecular weight is 329 g/mol. The summed E-state index contributed by atoms with van der Waals surface area (Å²) in [5, 5.41) is 26.9. The Labute approximate surface area is 131 Å². The molecule has 10 nitrogen and oxygen atoms in total. The van der Waals surface area contributed by atoms with Gasteiger partial charge in [0.2, 0.25) is 0 Å². The van der Waals surface area contributed by atoms with E-state index >= 15 is 0 Å². The molecule has 10 heteroatoms. The molecule has 3 heterocycles. The fourth-order valence-corrected chi connectivity index (χ4v) is 2.86. The van der Waals surface area contributed by atoms with E-state index < -0.39 is 49.0 Å². The van der Waals surface area contributed by atoms with E-state index in [2.05, 4.69) is 15.0 Å². The van der Waals surface area contributed by atoms with Crippen molar-refractivity contribution in [2.75, 3.05) is 13.7 Å². The number of methoxy groups -OCH3 is 1. The van der Waals surface area contributed by atoms with Gasteiger partial charge in [0.25, 0.3) is 0 Å². The van der Waals surface area contributed by atoms with Gasteiger partial charge in [-0.15, -0.1) is 5.10 Å². The largest absolute Gasteiger partial charge is 0.464 e. The SMILES string of the molecule is COC(=O)c1cn(C2C(C(O)CO)OC3OC(C)(C)OC32)nn1. The van der Waals surface area contributed by atoms with Crippen molar-refractivity contribution in [2.24, 2.45) is 0 Å². The highest BCUT2D eigenvalue weighted by Crippen LogP contribution is 2.43. The number of rotatable bonds is 4. The lowest BCUT2D eigenvalue weighted by atomic mass is 10.0. The molecule has 0 radical (unpaired) electrons. The maximum Gasteiger partial charge on any atom is 0.360 e. The first-order chi connectivity index (χ1) is 10.9. The van der Waals surface area contributed by atoms with Crippen LogP contribution in [0.3, 0.4) is 0 Å². The van der Waals surface area contributed by atoms with Crippen LogP contribution in [0.2, 0.25) is 0 Å². The molecule has 0 amide bonds. The lowest BCUT2D eigenvalue weighted by Gasteiger charge is -2.27. The minimum Gasteiger partial charge on any atom is -0.464 e. The molecule has 3 rings (SSSR count). The zero-order valence-corrected chi connectivity index (χ0v) is 12.9. The number of aliphatic hydroxyl groups is 2. The summed E-state index contributed by atoms with van der Waals surface area (Å²) in [5.74, 6) is -1.48. The minimum atomic E-state index is -1.16. The van der Waals surface area contributed by atoms with Crippen LogP contribution in [-0.2, 0) is 18.9 Å². The number of carbonyl (C=O) groups excluding carboxylic acids is 1. The van der Waals surface area contributed by atoms with E-state index in [4.69, 9.17) is 14.2 Å². The number of hydrogen-bond acceptors (Lipinski definition) is 9. The summed E-state index contributed by atoms with van der Waals surface area (Å²) in [6, 6.07) is -0.616. The van der Waals surface area contributed by atoms with E-state index in [0.717, 1.165) is 0 Å². The first-order valence-electron chi connectivity index (χ1n) is 7.16. The summed E-state index contributed by atoms with van der Waals surface area (Å²) in [5.41, 5.74) is 0.0198. The van der Waals surface area contributed by atoms with Gasteiger partial charge < -0.3 is 29.2 Å². The molecule has 2 aliphatic rings. The number of carbonyl (C=O) groups is 1. The highest BCUT2D eigenvalue weighted by Gasteiger charge is 2.57. The van der Waals surface area contributed by atoms with Crippen molar-refractivity contribution in [3.05, 3.63) is 11.9 Å². The Morgan fingerprint density at radius 1 is 1.52 bits per heavy atom. The van der Waals surface area contributed by atoms with Gasteiger partial charge in [0.05, 0.1) is 19.9 Å². The van der Waals surface area contributed by atoms with Crippen molar-refractivity contribution in [2.45, 2.75) is 50.3 Å². The van der Waals surface area contributed by atoms with Crippen LogP contribution in [0.15, 0.2) is 6.20 Å². The molecule has 23 heavy (non-hydrogen) atoms. The van der Waals surface area contributed by atoms with E-state index in [1.165, 1.54) is 18.0 Å². The van der Waals surface area contributed by atoms with Crippen molar-refractivity contribution in [1.82, 2.24) is 15.0 Å². The highest BCUT2D eigenvalue weighted by molar-refractivity contribution is 5.86. The number of nitrogens with zero attached hydrogens (tertiary/aromatic N) is 3. The van der Waals surface area contributed by atoms with Crippen LogP contribution < -0.4 is 0 Å². The predicted octanol–water partition coefficient (Wildman–Crippen LogP) is -1.16. The number of ether oxygens (including phenoxy) is 4. The molecule has 2 N–H and O–H groups in total. The number of hydrogen-bond donors (Lipinski definition) is 2. The van der Waals surface area contributed by atoms with Crippen molar-refractivity contribution in [3.63, 3.8) is 0 Å². The van der Waals surface area contributed by atoms with Crippen molar-refractivity contribution >= 4 is 5.97 Å². The van der Waals surface area contributed by atoms with E-state index in [-0.39, 0.29) is 5.69 Å². The first kappa shape index (κ1) is 16.3. The molecule has 0 saturated carbocycles. The van der Waals surface area contributed by atoms with Crippen LogP contribution in [0.1, 0.15) is 30.4 Å². The van der Waals surface area contributed by atoms with Gasteiger partial charge in [0.15, 0.2) is 17.8 Å². The van der Waals surface area contributed by atoms with Crippen LogP contribution in [0.5, 0.6) is 0 Å². The predicted molar refractivity (Wildman–Crippen MR) is 72.2 cm³/mol. The Bertz CT molecular complexity index is 590. The van der Waals surface area contributed by atoms with Gasteiger partial charge in [-0.05, 0) is 13.8 Å². The molecular weight excluding hydrogens is 310 g/mol. The third-order valence-corrected chi connectivity index (χ3v) is 3.83. The molecular formula is C13H19N3O7. The summed E-state index contributed by atoms with van der Waals surface area (Å²) in [7, 11) is 1.24. The zero-order valence-electron chi connectivity index (χ0n) is 12.9. The second kappa shape index (κ2) is 5.80. The molecule has 0 aromatic carbocycles. The molecule has 0 spiro atoms. The molecule has 0 aliphatic carbocycles. The number of fused-ring (bicyclic) bond motifs is 1. The van der Waals surface area contributed by atoms with Crippen LogP contribution >= 0.6 is 0 Å². The summed E-state index contributed by atoms with van der Waals surface area (Å²) in [6.07, 6.45) is -1.88. The van der Waals surface area contributed by atoms with E-state index in [0.29, 0.717) is 0 Å². The van der Waals surface area contributed by atoms with Gasteiger partial charge in [0.1, 0.15) is 24.4 Å². The quantitative estimate of drug-likeness (QED) is 0.658. The summed E-state index contributed by atoms with van der Waals surface area (Å²) in [6.45, 7) is 2.98. The lowest BCUT2D eigenvalue weighted by molar-refractivity contribution is -0.221. The third kappa shape index (κ3) is 2.83. The summed E-state index contributed by atoms with van der Waals surface area (Å²) in [4.78, 5) is 11.5. The smallest absolute Gasteiger partial charge is 0.360 e. The van der Waals surface area contributed by atoms with Crippen LogP contribution in [0.25, 0.3) is 0 Å². The van der Waals surface area contributed by atoms with Crippen LogP contribution in [0, 0.1) is 0 Å². The molecule has 1 aromatic rings. The molecule has 128 valence electrons. The van der Waals surface area contributed by atoms with Crippen molar-refractivity contribution in [1.29, 1.82) is 0 Å². The Morgan fingerprint density at radius 3 is 2.91 bits per heavy atom. The molecule has 5 atom stereocenters. The fraction of sp³-hybridized carbons (Fsp3) is 0.769. The molecule has 1 aromatic heterocycles. The van der Waals surface area contributed by atoms with Crippen molar-refractivity contribution in [3.8, 4) is 0 Å². The number of aliphatic hydroxyl groups excluding tert-OH is 2. The van der Waals surface area contributed by atoms with Gasteiger partial charge in [-0.1, -0.05) is 5.21 Å². The van der Waals surface area contributed by atoms with Gasteiger partial charge in [0, 0.05) is 0 Å². The van der Waals surface area contributed by atoms with Gasteiger partial charge in [-0.25, -0.2) is 9.48 Å². The van der Waals surface area contributed by atoms with Gasteiger partial charge >= 0.3 is 5.97 Å². The third-order valence-electron chi connectivity index (χ3n) is 3.83. The van der Waals surface area contributed by atoms with Gasteiger partial charge in [-0.2, -0.15) is 0 Å². The molecule has 2 fully saturated rings. The normalized spacial score (nSPS) is 33.4. The Balaban J connectivity index is 1.91. The van der Waals surface area contributed by atoms with E-state index in [1.54, 1.807) is 13.8 Å². The highest BCUT2D eigenvalue weighted by atomic mass is 16.8. The van der Waals surface area contributed by atoms with Crippen LogP contribution in [0.4, 0.5) is 0 Å². The summed E-state index contributed by atoms with van der Waals surface area (Å²) < 4.78 is 23.1. The second-order valence-corrected chi connectivity index (χ2v) is 5.89. The van der Waals surface area contributed by atoms with Gasteiger partial charge in [-0.3, -0.25) is 0 Å². The molecule has 2 saturated heterocycles. The van der Waals surface area contributed by atoms with Crippen molar-refractivity contribution < 1.29 is 34.0 Å². The topological polar surface area (TPSA) is 125 Å². The molecule has 0 bridgehead atoms. The standard InChI is InChI=1S/C13H19N3O7/c1-13(2)22-10-8(9(7(18)5-17)21-12(10)23-13)16-4-6(14-15-16)11(19)20-3/h4,7-10,12,17-18H,5H2,1-3H3. The Kier molecular flexibility index (Phi) is 4.10. The summed E-state index contributed by atoms with van der Waals surface area (Å²) >= 11 is 0. The first-order valence-corrected chi connectivity index (χ1v) is 7.16. The fourth-order valence-electron chi connectivity index (χ4n) is 2.86. The maximum atomic E-state index is 11.5. The van der Waals surface area contributed by atoms with Crippen LogP contribution in [-0.4, -0.2) is 75.3 Å². The average Bonchev–Trinajstić information content (AvgIpc) is 3.17. The number of esters is 1. The molecule has 2 aliphatic heterocycles. The zero-order chi connectivity index (χ0) is 16.8. The lowest BCUT2D eigenvalue weighted by Crippen LogP contribution is -2.40. The Hall–Kier alpha value is -1.59. The number of aromatic nitrogens is 3. The van der Waals surface area contributed by atoms with E-state index in [9.17, 15) is 15.0 Å². The van der Waals surface area contributed by atoms with E-state index in [1.807, 2.05) is 0 Å².